The third-order valence-electron chi connectivity index (χ3n) is 3.47. The number of halogens is 2. The first-order valence-corrected chi connectivity index (χ1v) is 7.36. The largest absolute Gasteiger partial charge is 0.394 e. The number of rotatable bonds is 2. The Morgan fingerprint density at radius 3 is 3.05 bits per heavy atom. The zero-order valence-electron chi connectivity index (χ0n) is 10.2. The van der Waals surface area contributed by atoms with Crippen LogP contribution in [0.5, 0.6) is 0 Å². The molecule has 0 radical (unpaired) electrons. The van der Waals surface area contributed by atoms with E-state index in [0.29, 0.717) is 0 Å². The van der Waals surface area contributed by atoms with Crippen molar-refractivity contribution in [2.75, 3.05) is 18.1 Å². The Hall–Kier alpha value is -0.910. The van der Waals surface area contributed by atoms with Gasteiger partial charge in [0.05, 0.1) is 18.2 Å². The van der Waals surface area contributed by atoms with Crippen LogP contribution in [-0.4, -0.2) is 34.3 Å². The van der Waals surface area contributed by atoms with Crippen LogP contribution in [0.2, 0.25) is 5.28 Å². The molecule has 2 heterocycles. The van der Waals surface area contributed by atoms with Crippen molar-refractivity contribution >= 4 is 44.3 Å². The maximum atomic E-state index is 9.46. The number of fused-ring (bicyclic) bond motifs is 1. The molecule has 4 nitrogen and oxygen atoms in total. The minimum atomic E-state index is 0.123. The van der Waals surface area contributed by atoms with Gasteiger partial charge in [0.2, 0.25) is 5.28 Å². The van der Waals surface area contributed by atoms with Gasteiger partial charge in [0.25, 0.3) is 0 Å². The molecule has 1 atom stereocenters. The molecular formula is C13H13BrClN3O. The molecule has 0 spiro atoms. The fraction of sp³-hybridized carbons (Fsp3) is 0.385. The van der Waals surface area contributed by atoms with E-state index in [1.165, 1.54) is 0 Å². The van der Waals surface area contributed by atoms with Gasteiger partial charge in [-0.05, 0) is 42.6 Å². The molecule has 1 fully saturated rings. The standard InChI is InChI=1S/C13H13BrClN3O/c14-8-3-4-10-11(6-8)16-13(15)17-12(10)18-5-1-2-9(18)7-19/h3-4,6,9,19H,1-2,5,7H2/t9-/m0/s1. The van der Waals surface area contributed by atoms with Gasteiger partial charge in [-0.15, -0.1) is 0 Å². The number of nitrogens with zero attached hydrogens (tertiary/aromatic N) is 3. The van der Waals surface area contributed by atoms with Gasteiger partial charge in [0.1, 0.15) is 5.82 Å². The molecule has 1 saturated heterocycles. The van der Waals surface area contributed by atoms with Crippen molar-refractivity contribution in [1.29, 1.82) is 0 Å². The van der Waals surface area contributed by atoms with Crippen molar-refractivity contribution in [1.82, 2.24) is 9.97 Å². The van der Waals surface area contributed by atoms with Crippen LogP contribution in [0.25, 0.3) is 10.9 Å². The Kier molecular flexibility index (Phi) is 3.60. The van der Waals surface area contributed by atoms with Gasteiger partial charge in [-0.2, -0.15) is 4.98 Å². The summed E-state index contributed by atoms with van der Waals surface area (Å²) in [6.07, 6.45) is 2.04. The average Bonchev–Trinajstić information content (AvgIpc) is 2.85. The van der Waals surface area contributed by atoms with E-state index in [-0.39, 0.29) is 17.9 Å². The molecule has 0 saturated carbocycles. The van der Waals surface area contributed by atoms with Crippen molar-refractivity contribution in [3.63, 3.8) is 0 Å². The average molecular weight is 343 g/mol. The summed E-state index contributed by atoms with van der Waals surface area (Å²) in [4.78, 5) is 10.7. The second-order valence-corrected chi connectivity index (χ2v) is 5.90. The number of anilines is 1. The molecule has 1 N–H and O–H groups in total. The van der Waals surface area contributed by atoms with E-state index in [2.05, 4.69) is 30.8 Å². The van der Waals surface area contributed by atoms with Gasteiger partial charge in [-0.25, -0.2) is 4.98 Å². The molecule has 100 valence electrons. The monoisotopic (exact) mass is 341 g/mol. The second-order valence-electron chi connectivity index (χ2n) is 4.65. The Labute approximate surface area is 124 Å². The number of hydrogen-bond donors (Lipinski definition) is 1. The summed E-state index contributed by atoms with van der Waals surface area (Å²) in [6.45, 7) is 1.03. The van der Waals surface area contributed by atoms with Crippen molar-refractivity contribution in [2.45, 2.75) is 18.9 Å². The number of hydrogen-bond acceptors (Lipinski definition) is 4. The summed E-state index contributed by atoms with van der Waals surface area (Å²) in [5, 5.41) is 10.7. The Morgan fingerprint density at radius 1 is 1.42 bits per heavy atom. The van der Waals surface area contributed by atoms with Crippen LogP contribution in [0.1, 0.15) is 12.8 Å². The first kappa shape index (κ1) is 13.1. The minimum absolute atomic E-state index is 0.123. The second kappa shape index (κ2) is 5.23. The van der Waals surface area contributed by atoms with Gasteiger partial charge < -0.3 is 10.0 Å². The first-order chi connectivity index (χ1) is 9.19. The molecule has 1 aromatic heterocycles. The number of benzene rings is 1. The van der Waals surface area contributed by atoms with Crippen molar-refractivity contribution in [3.05, 3.63) is 28.0 Å². The summed E-state index contributed by atoms with van der Waals surface area (Å²) in [7, 11) is 0. The van der Waals surface area contributed by atoms with Crippen molar-refractivity contribution in [2.24, 2.45) is 0 Å². The zero-order valence-corrected chi connectivity index (χ0v) is 12.5. The molecule has 1 aromatic carbocycles. The third-order valence-corrected chi connectivity index (χ3v) is 4.13. The molecule has 6 heteroatoms. The fourth-order valence-corrected chi connectivity index (χ4v) is 3.10. The highest BCUT2D eigenvalue weighted by Crippen LogP contribution is 2.32. The van der Waals surface area contributed by atoms with E-state index in [1.54, 1.807) is 0 Å². The summed E-state index contributed by atoms with van der Waals surface area (Å²) < 4.78 is 0.959. The van der Waals surface area contributed by atoms with Crippen LogP contribution in [-0.2, 0) is 0 Å². The number of aliphatic hydroxyl groups is 1. The zero-order chi connectivity index (χ0) is 13.4. The Bertz CT molecular complexity index is 617. The minimum Gasteiger partial charge on any atom is -0.394 e. The summed E-state index contributed by atoms with van der Waals surface area (Å²) >= 11 is 9.45. The van der Waals surface area contributed by atoms with E-state index in [4.69, 9.17) is 11.6 Å². The van der Waals surface area contributed by atoms with Crippen LogP contribution in [0.4, 0.5) is 5.82 Å². The maximum absolute atomic E-state index is 9.46. The molecule has 1 aliphatic heterocycles. The van der Waals surface area contributed by atoms with E-state index in [9.17, 15) is 5.11 Å². The molecule has 1 aliphatic rings. The predicted molar refractivity (Wildman–Crippen MR) is 79.7 cm³/mol. The summed E-state index contributed by atoms with van der Waals surface area (Å²) in [5.74, 6) is 0.819. The maximum Gasteiger partial charge on any atom is 0.224 e. The van der Waals surface area contributed by atoms with Crippen LogP contribution in [0.3, 0.4) is 0 Å². The van der Waals surface area contributed by atoms with Crippen LogP contribution in [0, 0.1) is 0 Å². The van der Waals surface area contributed by atoms with Gasteiger partial charge >= 0.3 is 0 Å². The highest BCUT2D eigenvalue weighted by Gasteiger charge is 2.26. The highest BCUT2D eigenvalue weighted by molar-refractivity contribution is 9.10. The van der Waals surface area contributed by atoms with E-state index < -0.39 is 0 Å². The molecule has 0 unspecified atom stereocenters. The predicted octanol–water partition coefficient (Wildman–Crippen LogP) is 3.01. The molecular weight excluding hydrogens is 330 g/mol. The SMILES string of the molecule is OC[C@@H]1CCCN1c1nc(Cl)nc2cc(Br)ccc12. The van der Waals surface area contributed by atoms with Gasteiger partial charge in [0, 0.05) is 16.4 Å². The quantitative estimate of drug-likeness (QED) is 0.852. The molecule has 0 aliphatic carbocycles. The van der Waals surface area contributed by atoms with Gasteiger partial charge in [-0.3, -0.25) is 0 Å². The van der Waals surface area contributed by atoms with Crippen LogP contribution < -0.4 is 4.90 Å². The summed E-state index contributed by atoms with van der Waals surface area (Å²) in [6, 6.07) is 6.00. The lowest BCUT2D eigenvalue weighted by atomic mass is 10.2. The van der Waals surface area contributed by atoms with E-state index in [1.807, 2.05) is 18.2 Å². The molecule has 0 amide bonds. The topological polar surface area (TPSA) is 49.2 Å². The molecule has 2 aromatic rings. The van der Waals surface area contributed by atoms with Crippen molar-refractivity contribution < 1.29 is 5.11 Å². The lowest BCUT2D eigenvalue weighted by molar-refractivity contribution is 0.266. The first-order valence-electron chi connectivity index (χ1n) is 6.19. The van der Waals surface area contributed by atoms with Gasteiger partial charge in [-0.1, -0.05) is 15.9 Å². The van der Waals surface area contributed by atoms with E-state index in [0.717, 1.165) is 40.6 Å². The molecule has 3 rings (SSSR count). The van der Waals surface area contributed by atoms with Crippen LogP contribution in [0.15, 0.2) is 22.7 Å². The number of aromatic nitrogens is 2. The smallest absolute Gasteiger partial charge is 0.224 e. The fourth-order valence-electron chi connectivity index (χ4n) is 2.58. The normalized spacial score (nSPS) is 19.3. The Morgan fingerprint density at radius 2 is 2.26 bits per heavy atom. The lowest BCUT2D eigenvalue weighted by Gasteiger charge is -2.25. The lowest BCUT2D eigenvalue weighted by Crippen LogP contribution is -2.33. The molecule has 0 bridgehead atoms. The third kappa shape index (κ3) is 2.42. The highest BCUT2D eigenvalue weighted by atomic mass is 79.9. The van der Waals surface area contributed by atoms with Crippen molar-refractivity contribution in [3.8, 4) is 0 Å². The number of aliphatic hydroxyl groups excluding tert-OH is 1. The van der Waals surface area contributed by atoms with Gasteiger partial charge in [0.15, 0.2) is 0 Å². The van der Waals surface area contributed by atoms with Crippen LogP contribution >= 0.6 is 27.5 Å². The molecule has 19 heavy (non-hydrogen) atoms. The Balaban J connectivity index is 2.17. The summed E-state index contributed by atoms with van der Waals surface area (Å²) in [5.41, 5.74) is 0.813. The van der Waals surface area contributed by atoms with E-state index >= 15 is 0 Å².